The van der Waals surface area contributed by atoms with Gasteiger partial charge in [-0.05, 0) is 37.0 Å². The third-order valence-electron chi connectivity index (χ3n) is 3.77. The third-order valence-corrected chi connectivity index (χ3v) is 5.69. The highest BCUT2D eigenvalue weighted by atomic mass is 32.2. The molecule has 5 nitrogen and oxygen atoms in total. The summed E-state index contributed by atoms with van der Waals surface area (Å²) in [4.78, 5) is 11.2. The predicted octanol–water partition coefficient (Wildman–Crippen LogP) is 1.73. The van der Waals surface area contributed by atoms with Crippen molar-refractivity contribution in [2.75, 3.05) is 13.1 Å². The number of rotatable bonds is 4. The van der Waals surface area contributed by atoms with Crippen LogP contribution in [-0.4, -0.2) is 36.9 Å². The highest BCUT2D eigenvalue weighted by molar-refractivity contribution is 7.89. The molecule has 110 valence electrons. The Balaban J connectivity index is 2.13. The number of sulfonamides is 1. The van der Waals surface area contributed by atoms with E-state index in [0.29, 0.717) is 12.8 Å². The molecule has 1 fully saturated rings. The minimum absolute atomic E-state index is 0.273. The van der Waals surface area contributed by atoms with Crippen molar-refractivity contribution in [3.63, 3.8) is 0 Å². The second kappa shape index (κ2) is 5.93. The minimum atomic E-state index is -3.50. The zero-order chi connectivity index (χ0) is 14.8. The van der Waals surface area contributed by atoms with Gasteiger partial charge in [-0.15, -0.1) is 0 Å². The van der Waals surface area contributed by atoms with Gasteiger partial charge >= 0.3 is 5.97 Å². The van der Waals surface area contributed by atoms with E-state index >= 15 is 0 Å². The summed E-state index contributed by atoms with van der Waals surface area (Å²) < 4.78 is 26.3. The van der Waals surface area contributed by atoms with Gasteiger partial charge in [0.25, 0.3) is 0 Å². The van der Waals surface area contributed by atoms with Gasteiger partial charge in [-0.3, -0.25) is 4.79 Å². The third kappa shape index (κ3) is 3.02. The van der Waals surface area contributed by atoms with Gasteiger partial charge in [0.2, 0.25) is 10.0 Å². The molecule has 0 atom stereocenters. The first kappa shape index (κ1) is 15.0. The highest BCUT2D eigenvalue weighted by Gasteiger charge is 2.31. The molecule has 1 heterocycles. The molecule has 0 spiro atoms. The summed E-state index contributed by atoms with van der Waals surface area (Å²) in [6, 6.07) is 6.88. The number of aliphatic carboxylic acids is 1. The normalized spacial score (nSPS) is 18.1. The first-order valence-electron chi connectivity index (χ1n) is 6.77. The van der Waals surface area contributed by atoms with Crippen LogP contribution >= 0.6 is 0 Å². The van der Waals surface area contributed by atoms with E-state index in [4.69, 9.17) is 5.11 Å². The SMILES string of the molecule is CCc1ccc(S(=O)(=O)N2CCC(C(=O)O)CC2)cc1. The summed E-state index contributed by atoms with van der Waals surface area (Å²) in [5.74, 6) is -1.27. The van der Waals surface area contributed by atoms with Crippen molar-refractivity contribution in [2.45, 2.75) is 31.1 Å². The van der Waals surface area contributed by atoms with E-state index in [1.165, 1.54) is 4.31 Å². The molecule has 6 heteroatoms. The van der Waals surface area contributed by atoms with Crippen LogP contribution in [0.4, 0.5) is 0 Å². The summed E-state index contributed by atoms with van der Waals surface area (Å²) in [5.41, 5.74) is 1.09. The van der Waals surface area contributed by atoms with Crippen LogP contribution in [0.2, 0.25) is 0 Å². The highest BCUT2D eigenvalue weighted by Crippen LogP contribution is 2.24. The van der Waals surface area contributed by atoms with E-state index < -0.39 is 21.9 Å². The fourth-order valence-electron chi connectivity index (χ4n) is 2.39. The molecular formula is C14H19NO4S. The minimum Gasteiger partial charge on any atom is -0.481 e. The molecule has 0 amide bonds. The first-order chi connectivity index (χ1) is 9.45. The molecule has 0 aromatic heterocycles. The van der Waals surface area contributed by atoms with Crippen LogP contribution in [0.15, 0.2) is 29.2 Å². The Labute approximate surface area is 119 Å². The number of hydrogen-bond donors (Lipinski definition) is 1. The largest absolute Gasteiger partial charge is 0.481 e. The lowest BCUT2D eigenvalue weighted by Gasteiger charge is -2.29. The predicted molar refractivity (Wildman–Crippen MR) is 74.9 cm³/mol. The average Bonchev–Trinajstić information content (AvgIpc) is 2.47. The molecule has 0 aliphatic carbocycles. The van der Waals surface area contributed by atoms with Crippen LogP contribution in [0.3, 0.4) is 0 Å². The van der Waals surface area contributed by atoms with Crippen LogP contribution in [0, 0.1) is 5.92 Å². The number of hydrogen-bond acceptors (Lipinski definition) is 3. The molecule has 1 aliphatic rings. The topological polar surface area (TPSA) is 74.7 Å². The standard InChI is InChI=1S/C14H19NO4S/c1-2-11-3-5-13(6-4-11)20(18,19)15-9-7-12(8-10-15)14(16)17/h3-6,12H,2,7-10H2,1H3,(H,16,17). The number of benzene rings is 1. The van der Waals surface area contributed by atoms with E-state index in [1.807, 2.05) is 19.1 Å². The number of nitrogens with zero attached hydrogens (tertiary/aromatic N) is 1. The van der Waals surface area contributed by atoms with Crippen molar-refractivity contribution in [3.8, 4) is 0 Å². The maximum Gasteiger partial charge on any atom is 0.306 e. The number of aryl methyl sites for hydroxylation is 1. The van der Waals surface area contributed by atoms with Crippen molar-refractivity contribution >= 4 is 16.0 Å². The number of carbonyl (C=O) groups is 1. The lowest BCUT2D eigenvalue weighted by molar-refractivity contribution is -0.142. The summed E-state index contributed by atoms with van der Waals surface area (Å²) in [7, 11) is -3.50. The Morgan fingerprint density at radius 3 is 2.25 bits per heavy atom. The van der Waals surface area contributed by atoms with Gasteiger partial charge in [0.05, 0.1) is 10.8 Å². The van der Waals surface area contributed by atoms with Crippen molar-refractivity contribution < 1.29 is 18.3 Å². The lowest BCUT2D eigenvalue weighted by Crippen LogP contribution is -2.40. The molecule has 1 aromatic rings. The van der Waals surface area contributed by atoms with Crippen LogP contribution < -0.4 is 0 Å². The lowest BCUT2D eigenvalue weighted by atomic mass is 9.99. The zero-order valence-corrected chi connectivity index (χ0v) is 12.3. The van der Waals surface area contributed by atoms with E-state index in [-0.39, 0.29) is 18.0 Å². The number of carboxylic acids is 1. The van der Waals surface area contributed by atoms with E-state index in [0.717, 1.165) is 12.0 Å². The van der Waals surface area contributed by atoms with Crippen molar-refractivity contribution in [1.29, 1.82) is 0 Å². The van der Waals surface area contributed by atoms with E-state index in [1.54, 1.807) is 12.1 Å². The molecule has 0 unspecified atom stereocenters. The van der Waals surface area contributed by atoms with Crippen LogP contribution in [-0.2, 0) is 21.2 Å². The molecule has 0 bridgehead atoms. The molecule has 2 rings (SSSR count). The quantitative estimate of drug-likeness (QED) is 0.918. The second-order valence-electron chi connectivity index (χ2n) is 5.01. The summed E-state index contributed by atoms with van der Waals surface area (Å²) in [6.45, 7) is 2.56. The summed E-state index contributed by atoms with van der Waals surface area (Å²) >= 11 is 0. The molecular weight excluding hydrogens is 278 g/mol. The van der Waals surface area contributed by atoms with Gasteiger partial charge in [0.1, 0.15) is 0 Å². The first-order valence-corrected chi connectivity index (χ1v) is 8.21. The smallest absolute Gasteiger partial charge is 0.306 e. The van der Waals surface area contributed by atoms with E-state index in [9.17, 15) is 13.2 Å². The van der Waals surface area contributed by atoms with Crippen LogP contribution in [0.5, 0.6) is 0 Å². The van der Waals surface area contributed by atoms with Gasteiger partial charge in [-0.2, -0.15) is 4.31 Å². The van der Waals surface area contributed by atoms with E-state index in [2.05, 4.69) is 0 Å². The van der Waals surface area contributed by atoms with Crippen LogP contribution in [0.1, 0.15) is 25.3 Å². The average molecular weight is 297 g/mol. The molecule has 1 N–H and O–H groups in total. The Bertz CT molecular complexity index is 572. The zero-order valence-electron chi connectivity index (χ0n) is 11.4. The molecule has 1 aliphatic heterocycles. The van der Waals surface area contributed by atoms with Gasteiger partial charge in [-0.25, -0.2) is 8.42 Å². The Morgan fingerprint density at radius 2 is 1.80 bits per heavy atom. The Hall–Kier alpha value is -1.40. The maximum atomic E-state index is 12.4. The van der Waals surface area contributed by atoms with Gasteiger partial charge < -0.3 is 5.11 Å². The fraction of sp³-hybridized carbons (Fsp3) is 0.500. The molecule has 1 aromatic carbocycles. The second-order valence-corrected chi connectivity index (χ2v) is 6.95. The number of piperidine rings is 1. The van der Waals surface area contributed by atoms with Gasteiger partial charge in [-0.1, -0.05) is 19.1 Å². The van der Waals surface area contributed by atoms with Crippen molar-refractivity contribution in [3.05, 3.63) is 29.8 Å². The van der Waals surface area contributed by atoms with Crippen LogP contribution in [0.25, 0.3) is 0 Å². The molecule has 0 saturated carbocycles. The van der Waals surface area contributed by atoms with Crippen molar-refractivity contribution in [2.24, 2.45) is 5.92 Å². The molecule has 1 saturated heterocycles. The van der Waals surface area contributed by atoms with Gasteiger partial charge in [0, 0.05) is 13.1 Å². The van der Waals surface area contributed by atoms with Crippen molar-refractivity contribution in [1.82, 2.24) is 4.31 Å². The monoisotopic (exact) mass is 297 g/mol. The molecule has 20 heavy (non-hydrogen) atoms. The fourth-order valence-corrected chi connectivity index (χ4v) is 3.86. The number of carboxylic acid groups (broad SMARTS) is 1. The Kier molecular flexibility index (Phi) is 4.45. The summed E-state index contributed by atoms with van der Waals surface area (Å²) in [6.07, 6.45) is 1.62. The summed E-state index contributed by atoms with van der Waals surface area (Å²) in [5, 5.41) is 8.93. The maximum absolute atomic E-state index is 12.4. The van der Waals surface area contributed by atoms with Gasteiger partial charge in [0.15, 0.2) is 0 Å². The Morgan fingerprint density at radius 1 is 1.25 bits per heavy atom. The molecule has 0 radical (unpaired) electrons.